The van der Waals surface area contributed by atoms with E-state index in [0.29, 0.717) is 18.5 Å². The number of allylic oxidation sites excluding steroid dienone is 1. The van der Waals surface area contributed by atoms with Crippen LogP contribution in [-0.4, -0.2) is 57.0 Å². The third-order valence-electron chi connectivity index (χ3n) is 10.6. The molecule has 0 bridgehead atoms. The van der Waals surface area contributed by atoms with Crippen LogP contribution in [0.3, 0.4) is 0 Å². The predicted molar refractivity (Wildman–Crippen MR) is 144 cm³/mol. The van der Waals surface area contributed by atoms with E-state index >= 15 is 0 Å². The molecule has 4 aliphatic carbocycles. The molecule has 1 heterocycles. The van der Waals surface area contributed by atoms with E-state index in [1.807, 2.05) is 13.0 Å². The number of fused-ring (bicyclic) bond motifs is 5. The van der Waals surface area contributed by atoms with Crippen LogP contribution >= 0.6 is 0 Å². The lowest BCUT2D eigenvalue weighted by atomic mass is 9.45. The Morgan fingerprint density at radius 3 is 2.67 bits per heavy atom. The van der Waals surface area contributed by atoms with E-state index in [-0.39, 0.29) is 67.1 Å². The minimum absolute atomic E-state index is 0.0160. The van der Waals surface area contributed by atoms with E-state index in [4.69, 9.17) is 4.74 Å². The van der Waals surface area contributed by atoms with Crippen LogP contribution in [0.5, 0.6) is 0 Å². The number of nitrogens with one attached hydrogen (secondary N) is 1. The second kappa shape index (κ2) is 10.8. The molecule has 40 heavy (non-hydrogen) atoms. The standard InChI is InChI=1S/C31H40N2O7/c1-29-12-10-21(34)15-19(29)6-7-22-23-11-13-31(39,30(23,2)16-24(35)28(22)29)25(36)18-40-27(38)9-8-26(37)33-17-20-5-3-4-14-32-20/h3-5,14-15,22-24,28,35,39H,6-13,16-18H2,1-2H3,(H,33,37). The van der Waals surface area contributed by atoms with Gasteiger partial charge in [0.15, 0.2) is 12.4 Å². The Hall–Kier alpha value is -2.91. The molecule has 0 aliphatic heterocycles. The zero-order valence-corrected chi connectivity index (χ0v) is 23.4. The number of aliphatic hydroxyl groups excluding tert-OH is 1. The maximum absolute atomic E-state index is 13.4. The van der Waals surface area contributed by atoms with Gasteiger partial charge in [0.05, 0.1) is 24.8 Å². The summed E-state index contributed by atoms with van der Waals surface area (Å²) in [5.41, 5.74) is -0.961. The second-order valence-corrected chi connectivity index (χ2v) is 12.7. The zero-order valence-electron chi connectivity index (χ0n) is 23.4. The van der Waals surface area contributed by atoms with Crippen LogP contribution in [0.4, 0.5) is 0 Å². The summed E-state index contributed by atoms with van der Waals surface area (Å²) in [5, 5.41) is 26.0. The van der Waals surface area contributed by atoms with Gasteiger partial charge < -0.3 is 20.3 Å². The molecule has 4 aliphatic rings. The van der Waals surface area contributed by atoms with Crippen molar-refractivity contribution in [3.05, 3.63) is 41.7 Å². The summed E-state index contributed by atoms with van der Waals surface area (Å²) >= 11 is 0. The lowest BCUT2D eigenvalue weighted by Crippen LogP contribution is -2.62. The van der Waals surface area contributed by atoms with Gasteiger partial charge in [0, 0.05) is 24.5 Å². The van der Waals surface area contributed by atoms with E-state index in [1.165, 1.54) is 0 Å². The van der Waals surface area contributed by atoms with Gasteiger partial charge >= 0.3 is 5.97 Å². The number of aromatic nitrogens is 1. The summed E-state index contributed by atoms with van der Waals surface area (Å²) in [6.07, 6.45) is 6.45. The summed E-state index contributed by atoms with van der Waals surface area (Å²) in [6.45, 7) is 3.75. The molecule has 216 valence electrons. The van der Waals surface area contributed by atoms with E-state index in [0.717, 1.165) is 24.8 Å². The van der Waals surface area contributed by atoms with Crippen LogP contribution in [0, 0.1) is 28.6 Å². The number of ether oxygens (including phenoxy) is 1. The maximum atomic E-state index is 13.4. The number of Topliss-reactive ketones (excluding diaryl/α,β-unsaturated/α-hetero) is 1. The molecule has 3 saturated carbocycles. The van der Waals surface area contributed by atoms with Crippen LogP contribution in [0.2, 0.25) is 0 Å². The van der Waals surface area contributed by atoms with Crippen molar-refractivity contribution < 1.29 is 34.1 Å². The van der Waals surface area contributed by atoms with Crippen molar-refractivity contribution in [3.8, 4) is 0 Å². The Kier molecular flexibility index (Phi) is 7.74. The third kappa shape index (κ3) is 4.91. The van der Waals surface area contributed by atoms with Gasteiger partial charge in [0.2, 0.25) is 11.7 Å². The highest BCUT2D eigenvalue weighted by molar-refractivity contribution is 5.92. The number of carbonyl (C=O) groups excluding carboxylic acids is 4. The quantitative estimate of drug-likeness (QED) is 0.418. The van der Waals surface area contributed by atoms with Gasteiger partial charge in [-0.15, -0.1) is 0 Å². The summed E-state index contributed by atoms with van der Waals surface area (Å²) in [7, 11) is 0. The van der Waals surface area contributed by atoms with Crippen molar-refractivity contribution in [2.24, 2.45) is 28.6 Å². The molecule has 9 heteroatoms. The monoisotopic (exact) mass is 552 g/mol. The smallest absolute Gasteiger partial charge is 0.306 e. The summed E-state index contributed by atoms with van der Waals surface area (Å²) < 4.78 is 5.21. The van der Waals surface area contributed by atoms with Crippen LogP contribution in [0.1, 0.15) is 77.3 Å². The molecule has 9 nitrogen and oxygen atoms in total. The number of aliphatic hydroxyl groups is 2. The molecule has 7 unspecified atom stereocenters. The molecule has 1 amide bonds. The lowest BCUT2D eigenvalue weighted by molar-refractivity contribution is -0.184. The summed E-state index contributed by atoms with van der Waals surface area (Å²) in [4.78, 5) is 54.0. The first kappa shape index (κ1) is 28.6. The Bertz CT molecular complexity index is 1220. The Labute approximate surface area is 234 Å². The molecule has 0 aromatic carbocycles. The van der Waals surface area contributed by atoms with E-state index < -0.39 is 35.5 Å². The van der Waals surface area contributed by atoms with Crippen molar-refractivity contribution in [2.75, 3.05) is 6.61 Å². The Morgan fingerprint density at radius 1 is 1.12 bits per heavy atom. The number of rotatable bonds is 8. The highest BCUT2D eigenvalue weighted by Crippen LogP contribution is 2.67. The highest BCUT2D eigenvalue weighted by atomic mass is 16.5. The second-order valence-electron chi connectivity index (χ2n) is 12.7. The molecule has 1 aromatic heterocycles. The van der Waals surface area contributed by atoms with Gasteiger partial charge in [-0.25, -0.2) is 0 Å². The molecular formula is C31H40N2O7. The van der Waals surface area contributed by atoms with Gasteiger partial charge in [-0.3, -0.25) is 24.2 Å². The van der Waals surface area contributed by atoms with Gasteiger partial charge in [-0.1, -0.05) is 25.5 Å². The fourth-order valence-electron chi connectivity index (χ4n) is 8.48. The molecule has 0 saturated heterocycles. The average Bonchev–Trinajstić information content (AvgIpc) is 3.20. The van der Waals surface area contributed by atoms with Crippen molar-refractivity contribution >= 4 is 23.4 Å². The topological polar surface area (TPSA) is 143 Å². The fourth-order valence-corrected chi connectivity index (χ4v) is 8.48. The molecule has 5 rings (SSSR count). The largest absolute Gasteiger partial charge is 0.458 e. The third-order valence-corrected chi connectivity index (χ3v) is 10.6. The number of nitrogens with zero attached hydrogens (tertiary/aromatic N) is 1. The van der Waals surface area contributed by atoms with Crippen LogP contribution in [0.25, 0.3) is 0 Å². The van der Waals surface area contributed by atoms with Crippen LogP contribution in [-0.2, 0) is 30.5 Å². The predicted octanol–water partition coefficient (Wildman–Crippen LogP) is 2.82. The minimum atomic E-state index is -1.70. The van der Waals surface area contributed by atoms with Crippen molar-refractivity contribution in [1.29, 1.82) is 0 Å². The summed E-state index contributed by atoms with van der Waals surface area (Å²) in [6, 6.07) is 5.38. The molecular weight excluding hydrogens is 512 g/mol. The van der Waals surface area contributed by atoms with Gasteiger partial charge in [0.25, 0.3) is 0 Å². The Morgan fingerprint density at radius 2 is 1.93 bits per heavy atom. The van der Waals surface area contributed by atoms with Crippen molar-refractivity contribution in [3.63, 3.8) is 0 Å². The van der Waals surface area contributed by atoms with Gasteiger partial charge in [-0.2, -0.15) is 0 Å². The zero-order chi connectivity index (χ0) is 28.7. The number of esters is 1. The highest BCUT2D eigenvalue weighted by Gasteiger charge is 2.68. The minimum Gasteiger partial charge on any atom is -0.458 e. The van der Waals surface area contributed by atoms with Crippen molar-refractivity contribution in [1.82, 2.24) is 10.3 Å². The Balaban J connectivity index is 1.18. The number of amides is 1. The van der Waals surface area contributed by atoms with Gasteiger partial charge in [-0.05, 0) is 79.9 Å². The first-order chi connectivity index (χ1) is 19.0. The molecule has 1 aromatic rings. The number of ketones is 2. The van der Waals surface area contributed by atoms with E-state index in [2.05, 4.69) is 17.2 Å². The SMILES string of the molecule is CC12CCC(=O)C=C1CCC1C2C(O)CC2(C)C1CCC2(O)C(=O)COC(=O)CCC(=O)NCc1ccccn1. The number of hydrogen-bond acceptors (Lipinski definition) is 8. The number of hydrogen-bond donors (Lipinski definition) is 3. The van der Waals surface area contributed by atoms with Crippen molar-refractivity contribution in [2.45, 2.75) is 89.9 Å². The molecule has 0 radical (unpaired) electrons. The number of carbonyl (C=O) groups is 4. The number of pyridine rings is 1. The fraction of sp³-hybridized carbons (Fsp3) is 0.645. The lowest BCUT2D eigenvalue weighted by Gasteiger charge is -2.60. The van der Waals surface area contributed by atoms with E-state index in [9.17, 15) is 29.4 Å². The van der Waals surface area contributed by atoms with Crippen LogP contribution in [0.15, 0.2) is 36.0 Å². The maximum Gasteiger partial charge on any atom is 0.306 e. The average molecular weight is 553 g/mol. The first-order valence-electron chi connectivity index (χ1n) is 14.5. The molecule has 3 N–H and O–H groups in total. The molecule has 0 spiro atoms. The molecule has 3 fully saturated rings. The first-order valence-corrected chi connectivity index (χ1v) is 14.5. The van der Waals surface area contributed by atoms with E-state index in [1.54, 1.807) is 24.4 Å². The van der Waals surface area contributed by atoms with Crippen LogP contribution < -0.4 is 5.32 Å². The normalized spacial score (nSPS) is 36.5. The van der Waals surface area contributed by atoms with Gasteiger partial charge in [0.1, 0.15) is 5.60 Å². The summed E-state index contributed by atoms with van der Waals surface area (Å²) in [5.74, 6) is -1.24. The molecule has 7 atom stereocenters.